The zero-order valence-corrected chi connectivity index (χ0v) is 8.03. The molecule has 0 aliphatic heterocycles. The second kappa shape index (κ2) is 86.8. The van der Waals surface area contributed by atoms with Crippen molar-refractivity contribution in [1.29, 1.82) is 10.5 Å². The van der Waals surface area contributed by atoms with E-state index in [0.717, 1.165) is 0 Å². The second-order valence-corrected chi connectivity index (χ2v) is 0.447. The third-order valence-corrected chi connectivity index (χ3v) is 0. The monoisotopic (exact) mass is 258 g/mol. The van der Waals surface area contributed by atoms with Crippen molar-refractivity contribution < 1.29 is 45.2 Å². The van der Waals surface area contributed by atoms with Crippen LogP contribution in [-0.4, -0.2) is 0 Å². The smallest absolute Gasteiger partial charge is 1.00 e. The Kier molecular flexibility index (Phi) is 337. The summed E-state index contributed by atoms with van der Waals surface area (Å²) in [7, 11) is 0. The molecular formula is C4H6Cl2N2Pd. The van der Waals surface area contributed by atoms with Crippen molar-refractivity contribution in [2.45, 2.75) is 13.8 Å². The molecule has 0 aliphatic carbocycles. The average molecular weight is 259 g/mol. The van der Waals surface area contributed by atoms with Gasteiger partial charge in [0.25, 0.3) is 0 Å². The number of hydrogen-bond donors (Lipinski definition) is 0. The molecule has 0 aliphatic rings. The molecule has 0 saturated heterocycles. The molecule has 56 valence electrons. The van der Waals surface area contributed by atoms with E-state index in [9.17, 15) is 0 Å². The normalized spacial score (nSPS) is 1.78. The third-order valence-electron chi connectivity index (χ3n) is 0. The maximum Gasteiger partial charge on any atom is 2.00 e. The molecule has 0 radical (unpaired) electrons. The first kappa shape index (κ1) is 35.0. The number of hydrogen-bond acceptors (Lipinski definition) is 2. The van der Waals surface area contributed by atoms with Gasteiger partial charge in [0.05, 0.1) is 12.1 Å². The summed E-state index contributed by atoms with van der Waals surface area (Å²) in [5, 5.41) is 14.6. The fourth-order valence-electron chi connectivity index (χ4n) is 0. The quantitative estimate of drug-likeness (QED) is 0.409. The van der Waals surface area contributed by atoms with Gasteiger partial charge in [0, 0.05) is 13.8 Å². The molecule has 0 atom stereocenters. The number of rotatable bonds is 0. The second-order valence-electron chi connectivity index (χ2n) is 0.447. The van der Waals surface area contributed by atoms with Crippen LogP contribution in [0.4, 0.5) is 0 Å². The molecule has 0 fully saturated rings. The van der Waals surface area contributed by atoms with Gasteiger partial charge < -0.3 is 24.8 Å². The molecule has 9 heavy (non-hydrogen) atoms. The Hall–Kier alpha value is 0.222. The first-order valence-corrected chi connectivity index (χ1v) is 1.45. The Morgan fingerprint density at radius 1 is 0.889 bits per heavy atom. The summed E-state index contributed by atoms with van der Waals surface area (Å²) in [5.74, 6) is 0. The van der Waals surface area contributed by atoms with Crippen molar-refractivity contribution in [3.05, 3.63) is 0 Å². The SMILES string of the molecule is CC#N.CC#N.[Cl-].[Cl-].[Pd+2]. The fourth-order valence-corrected chi connectivity index (χ4v) is 0. The number of halogens is 2. The van der Waals surface area contributed by atoms with Gasteiger partial charge >= 0.3 is 20.4 Å². The van der Waals surface area contributed by atoms with Gasteiger partial charge in [-0.05, 0) is 0 Å². The fraction of sp³-hybridized carbons (Fsp3) is 0.500. The van der Waals surface area contributed by atoms with E-state index >= 15 is 0 Å². The minimum Gasteiger partial charge on any atom is -1.00 e. The molecule has 5 heteroatoms. The Bertz CT molecular complexity index is 71.5. The van der Waals surface area contributed by atoms with Gasteiger partial charge in [-0.3, -0.25) is 0 Å². The first-order chi connectivity index (χ1) is 2.83. The summed E-state index contributed by atoms with van der Waals surface area (Å²) < 4.78 is 0. The van der Waals surface area contributed by atoms with Crippen LogP contribution in [0.2, 0.25) is 0 Å². The summed E-state index contributed by atoms with van der Waals surface area (Å²) in [5.41, 5.74) is 0. The van der Waals surface area contributed by atoms with Crippen LogP contribution in [0.1, 0.15) is 13.8 Å². The predicted molar refractivity (Wildman–Crippen MR) is 22.6 cm³/mol. The molecule has 2 nitrogen and oxygen atoms in total. The van der Waals surface area contributed by atoms with Crippen LogP contribution < -0.4 is 24.8 Å². The number of nitrogens with zero attached hydrogens (tertiary/aromatic N) is 2. The maximum absolute atomic E-state index is 7.32. The van der Waals surface area contributed by atoms with E-state index in [4.69, 9.17) is 10.5 Å². The van der Waals surface area contributed by atoms with Crippen molar-refractivity contribution in [2.24, 2.45) is 0 Å². The molecule has 0 bridgehead atoms. The summed E-state index contributed by atoms with van der Waals surface area (Å²) in [4.78, 5) is 0. The molecule has 0 aromatic carbocycles. The summed E-state index contributed by atoms with van der Waals surface area (Å²) in [6.45, 7) is 2.86. The molecule has 0 heterocycles. The van der Waals surface area contributed by atoms with Gasteiger partial charge in [-0.1, -0.05) is 0 Å². The standard InChI is InChI=1S/2C2H3N.2ClH.Pd/c2*1-2-3;;;/h2*1H3;2*1H;/q;;;;+2/p-2. The summed E-state index contributed by atoms with van der Waals surface area (Å²) in [6, 6.07) is 3.50. The van der Waals surface area contributed by atoms with Gasteiger partial charge in [-0.25, -0.2) is 0 Å². The summed E-state index contributed by atoms with van der Waals surface area (Å²) >= 11 is 0. The van der Waals surface area contributed by atoms with Crippen molar-refractivity contribution in [2.75, 3.05) is 0 Å². The largest absolute Gasteiger partial charge is 2.00 e. The van der Waals surface area contributed by atoms with Crippen LogP contribution in [0.5, 0.6) is 0 Å². The van der Waals surface area contributed by atoms with Crippen LogP contribution >= 0.6 is 0 Å². The van der Waals surface area contributed by atoms with Crippen molar-refractivity contribution >= 4 is 0 Å². The van der Waals surface area contributed by atoms with E-state index in [1.54, 1.807) is 12.1 Å². The molecule has 0 unspecified atom stereocenters. The molecule has 0 saturated carbocycles. The van der Waals surface area contributed by atoms with Crippen molar-refractivity contribution in [3.63, 3.8) is 0 Å². The van der Waals surface area contributed by atoms with Crippen LogP contribution in [0.15, 0.2) is 0 Å². The van der Waals surface area contributed by atoms with Gasteiger partial charge in [0.2, 0.25) is 0 Å². The Labute approximate surface area is 81.7 Å². The number of nitriles is 2. The first-order valence-electron chi connectivity index (χ1n) is 1.45. The van der Waals surface area contributed by atoms with Crippen LogP contribution in [0.3, 0.4) is 0 Å². The van der Waals surface area contributed by atoms with Crippen LogP contribution in [-0.2, 0) is 20.4 Å². The van der Waals surface area contributed by atoms with E-state index in [1.807, 2.05) is 0 Å². The minimum atomic E-state index is 0. The van der Waals surface area contributed by atoms with Gasteiger partial charge in [0.15, 0.2) is 0 Å². The zero-order valence-electron chi connectivity index (χ0n) is 4.97. The maximum atomic E-state index is 7.32. The average Bonchev–Trinajstić information content (AvgIpc) is 1.39. The molecule has 0 aromatic rings. The molecule has 0 rings (SSSR count). The van der Waals surface area contributed by atoms with Crippen LogP contribution in [0.25, 0.3) is 0 Å². The van der Waals surface area contributed by atoms with Gasteiger partial charge in [-0.15, -0.1) is 0 Å². The topological polar surface area (TPSA) is 47.6 Å². The Morgan fingerprint density at radius 2 is 0.889 bits per heavy atom. The van der Waals surface area contributed by atoms with Gasteiger partial charge in [0.1, 0.15) is 0 Å². The van der Waals surface area contributed by atoms with E-state index < -0.39 is 0 Å². The van der Waals surface area contributed by atoms with E-state index in [2.05, 4.69) is 0 Å². The van der Waals surface area contributed by atoms with Crippen molar-refractivity contribution in [3.8, 4) is 12.1 Å². The van der Waals surface area contributed by atoms with Crippen molar-refractivity contribution in [1.82, 2.24) is 0 Å². The molecule has 0 N–H and O–H groups in total. The molecular weight excluding hydrogens is 253 g/mol. The molecule has 0 amide bonds. The Morgan fingerprint density at radius 3 is 0.889 bits per heavy atom. The van der Waals surface area contributed by atoms with E-state index in [0.29, 0.717) is 0 Å². The molecule has 0 spiro atoms. The summed E-state index contributed by atoms with van der Waals surface area (Å²) in [6.07, 6.45) is 0. The molecule has 0 aromatic heterocycles. The zero-order chi connectivity index (χ0) is 5.41. The minimum absolute atomic E-state index is 0. The van der Waals surface area contributed by atoms with Gasteiger partial charge in [-0.2, -0.15) is 10.5 Å². The van der Waals surface area contributed by atoms with E-state index in [1.165, 1.54) is 13.8 Å². The van der Waals surface area contributed by atoms with E-state index in [-0.39, 0.29) is 45.2 Å². The predicted octanol–water partition coefficient (Wildman–Crippen LogP) is -4.93. The van der Waals surface area contributed by atoms with Crippen LogP contribution in [0, 0.1) is 22.7 Å². The Balaban J connectivity index is -0.00000000889. The third kappa shape index (κ3) is 6440.